The minimum atomic E-state index is -1.03. The third-order valence-corrected chi connectivity index (χ3v) is 5.82. The van der Waals surface area contributed by atoms with Crippen molar-refractivity contribution in [3.8, 4) is 0 Å². The average Bonchev–Trinajstić information content (AvgIpc) is 2.78. The van der Waals surface area contributed by atoms with Crippen LogP contribution in [0.3, 0.4) is 0 Å². The average molecular weight is 430 g/mol. The first kappa shape index (κ1) is 21.3. The molecule has 2 saturated heterocycles. The van der Waals surface area contributed by atoms with E-state index in [1.165, 1.54) is 24.3 Å². The summed E-state index contributed by atoms with van der Waals surface area (Å²) in [5.41, 5.74) is 0.863. The molecule has 10 nitrogen and oxygen atoms in total. The van der Waals surface area contributed by atoms with Gasteiger partial charge in [-0.05, 0) is 38.1 Å². The fourth-order valence-electron chi connectivity index (χ4n) is 3.60. The van der Waals surface area contributed by atoms with Gasteiger partial charge in [-0.1, -0.05) is 0 Å². The van der Waals surface area contributed by atoms with Gasteiger partial charge in [-0.15, -0.1) is 0 Å². The number of non-ortho nitro benzene ring substituents is 2. The molecule has 4 rings (SSSR count). The SMILES string of the molecule is CC1(c2ccc([N+](=O)[O-])cc2)OCC2(CO1)COC(C)(c1ccc([N+](=O)[O-])cc1)OC2. The lowest BCUT2D eigenvalue weighted by Crippen LogP contribution is -2.56. The van der Waals surface area contributed by atoms with Crippen LogP contribution in [0.5, 0.6) is 0 Å². The van der Waals surface area contributed by atoms with Crippen molar-refractivity contribution >= 4 is 11.4 Å². The van der Waals surface area contributed by atoms with Crippen LogP contribution in [0.25, 0.3) is 0 Å². The van der Waals surface area contributed by atoms with E-state index in [2.05, 4.69) is 0 Å². The molecule has 31 heavy (non-hydrogen) atoms. The predicted molar refractivity (Wildman–Crippen MR) is 107 cm³/mol. The Hall–Kier alpha value is -2.92. The minimum absolute atomic E-state index is 0.000704. The van der Waals surface area contributed by atoms with Crippen LogP contribution in [0.15, 0.2) is 48.5 Å². The molecule has 0 aromatic heterocycles. The van der Waals surface area contributed by atoms with Gasteiger partial charge in [0.1, 0.15) is 0 Å². The van der Waals surface area contributed by atoms with Crippen LogP contribution in [0.4, 0.5) is 11.4 Å². The number of ether oxygens (including phenoxy) is 4. The lowest BCUT2D eigenvalue weighted by Gasteiger charge is -2.49. The first-order chi connectivity index (χ1) is 14.6. The van der Waals surface area contributed by atoms with Crippen LogP contribution in [0, 0.1) is 25.6 Å². The van der Waals surface area contributed by atoms with E-state index >= 15 is 0 Å². The summed E-state index contributed by atoms with van der Waals surface area (Å²) < 4.78 is 24.1. The van der Waals surface area contributed by atoms with Gasteiger partial charge in [-0.2, -0.15) is 0 Å². The molecule has 0 aliphatic carbocycles. The number of hydrogen-bond donors (Lipinski definition) is 0. The van der Waals surface area contributed by atoms with E-state index in [-0.39, 0.29) is 11.4 Å². The zero-order valence-corrected chi connectivity index (χ0v) is 17.1. The Kier molecular flexibility index (Phi) is 5.26. The summed E-state index contributed by atoms with van der Waals surface area (Å²) in [6, 6.07) is 12.2. The highest BCUT2D eigenvalue weighted by atomic mass is 16.7. The summed E-state index contributed by atoms with van der Waals surface area (Å²) in [5, 5.41) is 21.7. The van der Waals surface area contributed by atoms with Crippen molar-refractivity contribution in [2.75, 3.05) is 26.4 Å². The molecule has 2 fully saturated rings. The molecule has 0 atom stereocenters. The highest BCUT2D eigenvalue weighted by molar-refractivity contribution is 5.35. The van der Waals surface area contributed by atoms with Crippen molar-refractivity contribution in [3.05, 3.63) is 79.9 Å². The molecule has 1 spiro atoms. The summed E-state index contributed by atoms with van der Waals surface area (Å²) in [6.45, 7) is 4.81. The highest BCUT2D eigenvalue weighted by Gasteiger charge is 2.49. The number of nitro benzene ring substituents is 2. The van der Waals surface area contributed by atoms with Crippen molar-refractivity contribution in [1.82, 2.24) is 0 Å². The maximum Gasteiger partial charge on any atom is 0.269 e. The Morgan fingerprint density at radius 2 is 0.935 bits per heavy atom. The molecule has 2 aromatic rings. The number of nitro groups is 2. The van der Waals surface area contributed by atoms with Crippen LogP contribution < -0.4 is 0 Å². The normalized spacial score (nSPS) is 30.8. The van der Waals surface area contributed by atoms with E-state index in [4.69, 9.17) is 18.9 Å². The number of benzene rings is 2. The molecular weight excluding hydrogens is 408 g/mol. The van der Waals surface area contributed by atoms with Crippen molar-refractivity contribution in [1.29, 1.82) is 0 Å². The smallest absolute Gasteiger partial charge is 0.269 e. The zero-order chi connectivity index (χ0) is 22.3. The molecule has 0 saturated carbocycles. The van der Waals surface area contributed by atoms with Crippen LogP contribution >= 0.6 is 0 Å². The topological polar surface area (TPSA) is 123 Å². The van der Waals surface area contributed by atoms with E-state index in [9.17, 15) is 20.2 Å². The number of rotatable bonds is 4. The Balaban J connectivity index is 1.41. The molecular formula is C21H22N2O8. The van der Waals surface area contributed by atoms with Crippen molar-refractivity contribution in [3.63, 3.8) is 0 Å². The minimum Gasteiger partial charge on any atom is -0.345 e. The Morgan fingerprint density at radius 1 is 0.645 bits per heavy atom. The fraction of sp³-hybridized carbons (Fsp3) is 0.429. The molecule has 2 aromatic carbocycles. The van der Waals surface area contributed by atoms with E-state index in [0.717, 1.165) is 0 Å². The van der Waals surface area contributed by atoms with Crippen molar-refractivity contribution in [2.24, 2.45) is 5.41 Å². The molecule has 0 amide bonds. The first-order valence-electron chi connectivity index (χ1n) is 9.71. The van der Waals surface area contributed by atoms with Crippen molar-refractivity contribution < 1.29 is 28.8 Å². The van der Waals surface area contributed by atoms with Gasteiger partial charge in [0.2, 0.25) is 0 Å². The van der Waals surface area contributed by atoms with Gasteiger partial charge in [0.25, 0.3) is 11.4 Å². The van der Waals surface area contributed by atoms with Gasteiger partial charge in [0.05, 0.1) is 41.7 Å². The number of nitrogens with zero attached hydrogens (tertiary/aromatic N) is 2. The summed E-state index contributed by atoms with van der Waals surface area (Å²) in [6.07, 6.45) is 0. The molecule has 0 N–H and O–H groups in total. The molecule has 2 heterocycles. The van der Waals surface area contributed by atoms with Gasteiger partial charge in [-0.25, -0.2) is 0 Å². The maximum absolute atomic E-state index is 10.9. The van der Waals surface area contributed by atoms with Gasteiger partial charge in [0.15, 0.2) is 11.6 Å². The van der Waals surface area contributed by atoms with Gasteiger partial charge >= 0.3 is 0 Å². The third-order valence-electron chi connectivity index (χ3n) is 5.82. The number of hydrogen-bond acceptors (Lipinski definition) is 8. The van der Waals surface area contributed by atoms with Crippen LogP contribution in [0.1, 0.15) is 25.0 Å². The molecule has 2 aliphatic rings. The maximum atomic E-state index is 10.9. The third kappa shape index (κ3) is 4.02. The summed E-state index contributed by atoms with van der Waals surface area (Å²) in [5.74, 6) is -2.06. The van der Waals surface area contributed by atoms with Crippen LogP contribution in [-0.4, -0.2) is 36.3 Å². The Labute approximate surface area is 178 Å². The quantitative estimate of drug-likeness (QED) is 0.532. The van der Waals surface area contributed by atoms with E-state index in [1.54, 1.807) is 38.1 Å². The first-order valence-corrected chi connectivity index (χ1v) is 9.71. The van der Waals surface area contributed by atoms with E-state index in [1.807, 2.05) is 0 Å². The van der Waals surface area contributed by atoms with Crippen LogP contribution in [-0.2, 0) is 30.5 Å². The lowest BCUT2D eigenvalue weighted by molar-refractivity contribution is -0.385. The predicted octanol–water partition coefficient (Wildman–Crippen LogP) is 3.63. The second kappa shape index (κ2) is 7.65. The summed E-state index contributed by atoms with van der Waals surface area (Å²) in [4.78, 5) is 20.8. The molecule has 0 radical (unpaired) electrons. The molecule has 10 heteroatoms. The second-order valence-electron chi connectivity index (χ2n) is 8.15. The molecule has 0 bridgehead atoms. The van der Waals surface area contributed by atoms with Gasteiger partial charge in [-0.3, -0.25) is 20.2 Å². The van der Waals surface area contributed by atoms with E-state index < -0.39 is 26.8 Å². The standard InChI is InChI=1S/C21H22N2O8/c1-19(15-3-7-17(8-4-15)22(24)25)28-11-21(12-29-19)13-30-20(2,31-14-21)16-5-9-18(10-6-16)23(26)27/h3-10H,11-14H2,1-2H3. The van der Waals surface area contributed by atoms with Crippen molar-refractivity contribution in [2.45, 2.75) is 25.4 Å². The lowest BCUT2D eigenvalue weighted by atomic mass is 9.88. The molecule has 164 valence electrons. The largest absolute Gasteiger partial charge is 0.345 e. The van der Waals surface area contributed by atoms with E-state index in [0.29, 0.717) is 37.6 Å². The zero-order valence-electron chi connectivity index (χ0n) is 17.1. The van der Waals surface area contributed by atoms with Gasteiger partial charge < -0.3 is 18.9 Å². The highest BCUT2D eigenvalue weighted by Crippen LogP contribution is 2.43. The second-order valence-corrected chi connectivity index (χ2v) is 8.15. The monoisotopic (exact) mass is 430 g/mol. The summed E-state index contributed by atoms with van der Waals surface area (Å²) >= 11 is 0. The summed E-state index contributed by atoms with van der Waals surface area (Å²) in [7, 11) is 0. The fourth-order valence-corrected chi connectivity index (χ4v) is 3.60. The molecule has 2 aliphatic heterocycles. The van der Waals surface area contributed by atoms with Gasteiger partial charge in [0, 0.05) is 35.4 Å². The molecule has 0 unspecified atom stereocenters. The van der Waals surface area contributed by atoms with Crippen LogP contribution in [0.2, 0.25) is 0 Å². The Morgan fingerprint density at radius 3 is 1.19 bits per heavy atom. The Bertz CT molecular complexity index is 888.